The summed E-state index contributed by atoms with van der Waals surface area (Å²) in [4.78, 5) is 56.7. The minimum Gasteiger partial charge on any atom is -0.493 e. The van der Waals surface area contributed by atoms with Gasteiger partial charge in [-0.05, 0) is 145 Å². The molecule has 0 N–H and O–H groups in total. The minimum absolute atomic E-state index is 0.0130. The van der Waals surface area contributed by atoms with E-state index in [4.69, 9.17) is 23.7 Å². The smallest absolute Gasteiger partial charge is 0.179 e. The van der Waals surface area contributed by atoms with Gasteiger partial charge in [0.1, 0.15) is 57.3 Å². The summed E-state index contributed by atoms with van der Waals surface area (Å²) in [6.45, 7) is 13.3. The average molecular weight is 815 g/mol. The number of halogens is 3. The Labute approximate surface area is 342 Å². The molecule has 59 heavy (non-hydrogen) atoms. The number of methoxy groups -OCH3 is 1. The fraction of sp³-hybridized carbons (Fsp3) is 0.404. The number of carbonyl (C=O) groups is 4. The molecule has 0 aromatic heterocycles. The van der Waals surface area contributed by atoms with Crippen LogP contribution in [0.5, 0.6) is 28.7 Å². The average Bonchev–Trinajstić information content (AvgIpc) is 3.16. The van der Waals surface area contributed by atoms with Crippen molar-refractivity contribution < 1.29 is 56.0 Å². The lowest BCUT2D eigenvalue weighted by Crippen LogP contribution is -2.59. The second-order valence-electron chi connectivity index (χ2n) is 16.8. The maximum absolute atomic E-state index is 14.7. The predicted octanol–water partition coefficient (Wildman–Crippen LogP) is 9.88. The summed E-state index contributed by atoms with van der Waals surface area (Å²) >= 11 is 0. The highest BCUT2D eigenvalue weighted by atomic mass is 19.2. The zero-order valence-corrected chi connectivity index (χ0v) is 34.7. The van der Waals surface area contributed by atoms with E-state index in [9.17, 15) is 32.3 Å². The highest BCUT2D eigenvalue weighted by molar-refractivity contribution is 6.16. The second kappa shape index (κ2) is 16.0. The van der Waals surface area contributed by atoms with Crippen LogP contribution in [0.3, 0.4) is 0 Å². The number of ether oxygens (including phenoxy) is 5. The Hall–Kier alpha value is -5.33. The number of aryl methyl sites for hydroxylation is 2. The molecule has 9 nitrogen and oxygen atoms in total. The van der Waals surface area contributed by atoms with Crippen LogP contribution in [0, 0.1) is 17.5 Å². The Morgan fingerprint density at radius 3 is 1.69 bits per heavy atom. The molecule has 0 bridgehead atoms. The lowest BCUT2D eigenvalue weighted by atomic mass is 9.71. The molecule has 12 heteroatoms. The third-order valence-corrected chi connectivity index (χ3v) is 11.2. The van der Waals surface area contributed by atoms with Gasteiger partial charge in [-0.15, -0.1) is 0 Å². The van der Waals surface area contributed by atoms with Gasteiger partial charge in [-0.2, -0.15) is 0 Å². The van der Waals surface area contributed by atoms with Crippen molar-refractivity contribution in [3.63, 3.8) is 0 Å². The van der Waals surface area contributed by atoms with Gasteiger partial charge in [0.25, 0.3) is 0 Å². The minimum atomic E-state index is -1.44. The largest absolute Gasteiger partial charge is 0.493 e. The van der Waals surface area contributed by atoms with E-state index >= 15 is 0 Å². The van der Waals surface area contributed by atoms with Crippen LogP contribution in [0.4, 0.5) is 13.2 Å². The first kappa shape index (κ1) is 43.3. The number of benzene rings is 4. The van der Waals surface area contributed by atoms with Gasteiger partial charge in [-0.3, -0.25) is 19.2 Å². The molecule has 6 rings (SSSR count). The predicted molar refractivity (Wildman–Crippen MR) is 213 cm³/mol. The van der Waals surface area contributed by atoms with Crippen molar-refractivity contribution in [1.29, 1.82) is 0 Å². The molecule has 0 amide bonds. The van der Waals surface area contributed by atoms with Gasteiger partial charge in [-0.1, -0.05) is 19.1 Å². The second-order valence-corrected chi connectivity index (χ2v) is 16.8. The number of hydrogen-bond donors (Lipinski definition) is 0. The van der Waals surface area contributed by atoms with E-state index in [1.54, 1.807) is 84.9 Å². The molecule has 2 heterocycles. The molecule has 4 aromatic carbocycles. The van der Waals surface area contributed by atoms with Crippen molar-refractivity contribution >= 4 is 23.1 Å². The zero-order valence-electron chi connectivity index (χ0n) is 34.7. The van der Waals surface area contributed by atoms with Gasteiger partial charge >= 0.3 is 0 Å². The molecule has 2 saturated heterocycles. The number of hydrogen-bond acceptors (Lipinski definition) is 9. The normalized spacial score (nSPS) is 21.4. The first-order valence-electron chi connectivity index (χ1n) is 19.6. The third-order valence-electron chi connectivity index (χ3n) is 11.2. The van der Waals surface area contributed by atoms with Crippen LogP contribution in [0.1, 0.15) is 102 Å². The number of Topliss-reactive ketones (excluding diaryl/α,β-unsaturated/α-hetero) is 4. The maximum Gasteiger partial charge on any atom is 0.179 e. The Morgan fingerprint density at radius 2 is 1.10 bits per heavy atom. The van der Waals surface area contributed by atoms with E-state index in [1.807, 2.05) is 6.92 Å². The molecule has 0 saturated carbocycles. The van der Waals surface area contributed by atoms with E-state index in [1.165, 1.54) is 31.4 Å². The van der Waals surface area contributed by atoms with Crippen molar-refractivity contribution in [3.05, 3.63) is 113 Å². The summed E-state index contributed by atoms with van der Waals surface area (Å²) in [5, 5.41) is 0. The van der Waals surface area contributed by atoms with Crippen molar-refractivity contribution in [2.45, 2.75) is 115 Å². The van der Waals surface area contributed by atoms with Crippen molar-refractivity contribution in [1.82, 2.24) is 0 Å². The Kier molecular flexibility index (Phi) is 11.7. The van der Waals surface area contributed by atoms with Crippen LogP contribution in [-0.4, -0.2) is 52.6 Å². The third kappa shape index (κ3) is 8.56. The number of rotatable bonds is 12. The van der Waals surface area contributed by atoms with Crippen LogP contribution in [0.2, 0.25) is 0 Å². The molecule has 312 valence electrons. The molecule has 2 aliphatic rings. The lowest BCUT2D eigenvalue weighted by molar-refractivity contribution is -0.189. The first-order chi connectivity index (χ1) is 27.6. The van der Waals surface area contributed by atoms with Crippen LogP contribution in [0.25, 0.3) is 0 Å². The van der Waals surface area contributed by atoms with E-state index < -0.39 is 74.8 Å². The number of ketones is 4. The van der Waals surface area contributed by atoms with Gasteiger partial charge in [0, 0.05) is 12.1 Å². The maximum atomic E-state index is 14.7. The summed E-state index contributed by atoms with van der Waals surface area (Å²) in [5.74, 6) is -5.88. The Balaban J connectivity index is 1.32. The van der Waals surface area contributed by atoms with Crippen molar-refractivity contribution in [2.24, 2.45) is 0 Å². The standard InChI is InChI=1S/C47H49F3O9/c1-10-26-13-16-30(57-36-20-15-28(48)22-37(36)55-9)24-32(26)39-42(53)46(6,7)59-47(8,43(39)54)21-11-12-27-14-17-29(56-31-18-19-34(49)35(50)25-31)23-33(27)38-40(51)44(2,3)58-45(4,5)41(38)52/h13-20,22-25,38-39H,10-12,21H2,1-9H3. The molecular weight excluding hydrogens is 766 g/mol. The van der Waals surface area contributed by atoms with Crippen LogP contribution in [0.15, 0.2) is 72.8 Å². The van der Waals surface area contributed by atoms with Crippen LogP contribution < -0.4 is 14.2 Å². The van der Waals surface area contributed by atoms with Crippen LogP contribution >= 0.6 is 0 Å². The highest BCUT2D eigenvalue weighted by Gasteiger charge is 2.56. The first-order valence-corrected chi connectivity index (χ1v) is 19.6. The Bertz CT molecular complexity index is 2310. The molecule has 0 aliphatic carbocycles. The summed E-state index contributed by atoms with van der Waals surface area (Å²) in [6.07, 6.45) is 1.30. The quantitative estimate of drug-likeness (QED) is 0.129. The van der Waals surface area contributed by atoms with Gasteiger partial charge in [0.2, 0.25) is 0 Å². The van der Waals surface area contributed by atoms with Crippen molar-refractivity contribution in [2.75, 3.05) is 7.11 Å². The topological polar surface area (TPSA) is 114 Å². The summed E-state index contributed by atoms with van der Waals surface area (Å²) < 4.78 is 71.2. The molecule has 2 unspecified atom stereocenters. The Morgan fingerprint density at radius 1 is 0.576 bits per heavy atom. The molecular formula is C47H49F3O9. The van der Waals surface area contributed by atoms with Gasteiger partial charge in [0.05, 0.1) is 7.11 Å². The van der Waals surface area contributed by atoms with E-state index in [-0.39, 0.29) is 35.8 Å². The van der Waals surface area contributed by atoms with Gasteiger partial charge < -0.3 is 23.7 Å². The fourth-order valence-electron chi connectivity index (χ4n) is 8.23. The molecule has 0 radical (unpaired) electrons. The summed E-state index contributed by atoms with van der Waals surface area (Å²) in [5.41, 5.74) is -3.21. The van der Waals surface area contributed by atoms with E-state index in [0.29, 0.717) is 35.3 Å². The zero-order chi connectivity index (χ0) is 43.2. The fourth-order valence-corrected chi connectivity index (χ4v) is 8.23. The molecule has 2 atom stereocenters. The van der Waals surface area contributed by atoms with Crippen LogP contribution in [-0.2, 0) is 41.5 Å². The van der Waals surface area contributed by atoms with E-state index in [2.05, 4.69) is 0 Å². The SMILES string of the molecule is CCc1ccc(Oc2ccc(F)cc2OC)cc1C1C(=O)C(C)(C)OC(C)(CCCc2ccc(Oc3ccc(F)c(F)c3)cc2C2C(=O)C(C)(C)OC(C)(C)C2=O)C1=O. The van der Waals surface area contributed by atoms with E-state index in [0.717, 1.165) is 17.7 Å². The van der Waals surface area contributed by atoms with Crippen molar-refractivity contribution in [3.8, 4) is 28.7 Å². The molecule has 2 fully saturated rings. The molecule has 0 spiro atoms. The monoisotopic (exact) mass is 814 g/mol. The van der Waals surface area contributed by atoms with Gasteiger partial charge in [-0.25, -0.2) is 13.2 Å². The molecule has 4 aromatic rings. The lowest BCUT2D eigenvalue weighted by Gasteiger charge is -2.45. The van der Waals surface area contributed by atoms with Gasteiger partial charge in [0.15, 0.2) is 46.3 Å². The number of carbonyl (C=O) groups excluding carboxylic acids is 4. The molecule has 2 aliphatic heterocycles. The summed E-state index contributed by atoms with van der Waals surface area (Å²) in [7, 11) is 1.39. The highest BCUT2D eigenvalue weighted by Crippen LogP contribution is 2.45. The summed E-state index contributed by atoms with van der Waals surface area (Å²) in [6, 6.07) is 17.0.